The second-order valence-corrected chi connectivity index (χ2v) is 7.94. The highest BCUT2D eigenvalue weighted by molar-refractivity contribution is 9.10. The van der Waals surface area contributed by atoms with Crippen LogP contribution in [0.5, 0.6) is 0 Å². The summed E-state index contributed by atoms with van der Waals surface area (Å²) >= 11 is 4.82. The lowest BCUT2D eigenvalue weighted by Gasteiger charge is -2.32. The maximum absolute atomic E-state index is 13.0. The van der Waals surface area contributed by atoms with E-state index >= 15 is 0 Å². The summed E-state index contributed by atoms with van der Waals surface area (Å²) in [7, 11) is 0. The molecule has 0 saturated carbocycles. The predicted octanol–water partition coefficient (Wildman–Crippen LogP) is 3.75. The number of benzene rings is 2. The summed E-state index contributed by atoms with van der Waals surface area (Å²) in [5, 5.41) is 11.6. The molecule has 0 fully saturated rings. The number of rotatable bonds is 3. The third-order valence-corrected chi connectivity index (χ3v) is 5.87. The van der Waals surface area contributed by atoms with Gasteiger partial charge in [-0.3, -0.25) is 4.79 Å². The van der Waals surface area contributed by atoms with Crippen LogP contribution >= 0.6 is 27.7 Å². The summed E-state index contributed by atoms with van der Waals surface area (Å²) in [6.45, 7) is 1.88. The van der Waals surface area contributed by atoms with Gasteiger partial charge < -0.3 is 10.7 Å². The molecule has 2 heterocycles. The van der Waals surface area contributed by atoms with Crippen molar-refractivity contribution in [3.8, 4) is 0 Å². The molecule has 2 atom stereocenters. The van der Waals surface area contributed by atoms with E-state index in [4.69, 9.17) is 0 Å². The first-order valence-electron chi connectivity index (χ1n) is 8.08. The predicted molar refractivity (Wildman–Crippen MR) is 106 cm³/mol. The number of hydrogen-bond donors (Lipinski definition) is 2. The van der Waals surface area contributed by atoms with E-state index in [0.29, 0.717) is 5.16 Å². The number of nitrogens with one attached hydrogen (secondary N) is 2. The first-order valence-corrected chi connectivity index (χ1v) is 9.76. The number of halogens is 1. The van der Waals surface area contributed by atoms with Crippen LogP contribution in [-0.4, -0.2) is 26.0 Å². The molecule has 0 spiro atoms. The summed E-state index contributed by atoms with van der Waals surface area (Å²) in [5.41, 5.74) is 5.18. The van der Waals surface area contributed by atoms with Crippen molar-refractivity contribution in [2.45, 2.75) is 23.4 Å². The van der Waals surface area contributed by atoms with Crippen LogP contribution in [0.3, 0.4) is 0 Å². The molecule has 26 heavy (non-hydrogen) atoms. The Morgan fingerprint density at radius 3 is 2.62 bits per heavy atom. The minimum atomic E-state index is -0.378. The topological polar surface area (TPSA) is 71.8 Å². The van der Waals surface area contributed by atoms with Crippen LogP contribution < -0.4 is 10.7 Å². The number of thioether (sulfide) groups is 1. The van der Waals surface area contributed by atoms with E-state index in [9.17, 15) is 4.79 Å². The smallest absolute Gasteiger partial charge is 0.240 e. The summed E-state index contributed by atoms with van der Waals surface area (Å²) in [5.74, 6) is 0.686. The average molecular weight is 430 g/mol. The lowest BCUT2D eigenvalue weighted by molar-refractivity contribution is -0.116. The molecule has 0 aliphatic carbocycles. The van der Waals surface area contributed by atoms with Crippen LogP contribution in [-0.2, 0) is 4.79 Å². The standard InChI is InChI=1S/C18H16BrN5OS/c1-11-21-22-18-24(11)23-15(12-5-3-2-4-6-12)16(26-18)17(25)20-14-9-7-13(19)8-10-14/h2-10,15-16,23H,1H3,(H,20,25)/t15-,16+/m0/s1. The molecule has 1 aliphatic heterocycles. The van der Waals surface area contributed by atoms with Gasteiger partial charge in [-0.05, 0) is 36.8 Å². The van der Waals surface area contributed by atoms with Gasteiger partial charge in [0.25, 0.3) is 0 Å². The molecular formula is C18H16BrN5OS. The molecule has 0 bridgehead atoms. The van der Waals surface area contributed by atoms with Crippen molar-refractivity contribution in [3.05, 3.63) is 70.5 Å². The van der Waals surface area contributed by atoms with Crippen molar-refractivity contribution in [2.24, 2.45) is 0 Å². The first-order chi connectivity index (χ1) is 12.6. The van der Waals surface area contributed by atoms with Gasteiger partial charge in [0.15, 0.2) is 0 Å². The van der Waals surface area contributed by atoms with Crippen molar-refractivity contribution >= 4 is 39.3 Å². The number of nitrogens with zero attached hydrogens (tertiary/aromatic N) is 3. The molecule has 4 rings (SSSR count). The van der Waals surface area contributed by atoms with E-state index in [1.54, 1.807) is 0 Å². The number of amides is 1. The highest BCUT2D eigenvalue weighted by atomic mass is 79.9. The maximum Gasteiger partial charge on any atom is 0.240 e. The van der Waals surface area contributed by atoms with E-state index in [2.05, 4.69) is 36.9 Å². The monoisotopic (exact) mass is 429 g/mol. The van der Waals surface area contributed by atoms with Crippen molar-refractivity contribution in [2.75, 3.05) is 10.7 Å². The summed E-state index contributed by atoms with van der Waals surface area (Å²) in [4.78, 5) is 13.0. The molecule has 1 aromatic heterocycles. The highest BCUT2D eigenvalue weighted by Crippen LogP contribution is 2.37. The van der Waals surface area contributed by atoms with Crippen LogP contribution in [0.15, 0.2) is 64.2 Å². The number of carbonyl (C=O) groups excluding carboxylic acids is 1. The minimum absolute atomic E-state index is 0.0782. The zero-order valence-electron chi connectivity index (χ0n) is 13.9. The molecule has 132 valence electrons. The van der Waals surface area contributed by atoms with Gasteiger partial charge >= 0.3 is 0 Å². The third kappa shape index (κ3) is 3.34. The molecule has 2 aromatic carbocycles. The molecule has 0 unspecified atom stereocenters. The van der Waals surface area contributed by atoms with Gasteiger partial charge in [-0.25, -0.2) is 4.68 Å². The molecule has 1 aliphatic rings. The first kappa shape index (κ1) is 17.1. The SMILES string of the molecule is Cc1nnc2n1N[C@@H](c1ccccc1)[C@H](C(=O)Nc1ccc(Br)cc1)S2. The van der Waals surface area contributed by atoms with Crippen LogP contribution in [0.1, 0.15) is 17.4 Å². The van der Waals surface area contributed by atoms with Crippen molar-refractivity contribution in [3.63, 3.8) is 0 Å². The van der Waals surface area contributed by atoms with Crippen LogP contribution in [0.25, 0.3) is 0 Å². The second-order valence-electron chi connectivity index (χ2n) is 5.92. The van der Waals surface area contributed by atoms with Crippen molar-refractivity contribution in [1.29, 1.82) is 0 Å². The number of fused-ring (bicyclic) bond motifs is 1. The fourth-order valence-electron chi connectivity index (χ4n) is 2.82. The molecule has 0 radical (unpaired) electrons. The van der Waals surface area contributed by atoms with Gasteiger partial charge in [-0.15, -0.1) is 10.2 Å². The van der Waals surface area contributed by atoms with Gasteiger partial charge in [-0.2, -0.15) is 0 Å². The van der Waals surface area contributed by atoms with Gasteiger partial charge in [0.05, 0.1) is 6.04 Å². The third-order valence-electron chi connectivity index (χ3n) is 4.13. The molecule has 8 heteroatoms. The van der Waals surface area contributed by atoms with Gasteiger partial charge in [0.1, 0.15) is 11.1 Å². The molecule has 1 amide bonds. The van der Waals surface area contributed by atoms with Gasteiger partial charge in [0, 0.05) is 10.2 Å². The Bertz CT molecular complexity index is 929. The normalized spacial score (nSPS) is 18.7. The van der Waals surface area contributed by atoms with Crippen molar-refractivity contribution < 1.29 is 4.79 Å². The lowest BCUT2D eigenvalue weighted by atomic mass is 10.0. The van der Waals surface area contributed by atoms with Crippen LogP contribution in [0.2, 0.25) is 0 Å². The number of carbonyl (C=O) groups is 1. The van der Waals surface area contributed by atoms with Gasteiger partial charge in [-0.1, -0.05) is 58.0 Å². The van der Waals surface area contributed by atoms with Crippen LogP contribution in [0, 0.1) is 6.92 Å². The Hall–Kier alpha value is -2.32. The fraction of sp³-hybridized carbons (Fsp3) is 0.167. The number of anilines is 1. The Kier molecular flexibility index (Phi) is 4.69. The summed E-state index contributed by atoms with van der Waals surface area (Å²) < 4.78 is 2.81. The Labute approximate surface area is 163 Å². The average Bonchev–Trinajstić information content (AvgIpc) is 3.03. The molecular weight excluding hydrogens is 414 g/mol. The van der Waals surface area contributed by atoms with Gasteiger partial charge in [0.2, 0.25) is 11.1 Å². The van der Waals surface area contributed by atoms with E-state index in [1.165, 1.54) is 11.8 Å². The number of aryl methyl sites for hydroxylation is 1. The zero-order valence-corrected chi connectivity index (χ0v) is 16.3. The maximum atomic E-state index is 13.0. The van der Waals surface area contributed by atoms with E-state index in [1.807, 2.05) is 66.2 Å². The second kappa shape index (κ2) is 7.13. The van der Waals surface area contributed by atoms with E-state index in [-0.39, 0.29) is 17.2 Å². The largest absolute Gasteiger partial charge is 0.325 e. The fourth-order valence-corrected chi connectivity index (χ4v) is 4.21. The Morgan fingerprint density at radius 1 is 1.15 bits per heavy atom. The Morgan fingerprint density at radius 2 is 1.88 bits per heavy atom. The molecule has 0 saturated heterocycles. The van der Waals surface area contributed by atoms with Crippen molar-refractivity contribution in [1.82, 2.24) is 14.9 Å². The lowest BCUT2D eigenvalue weighted by Crippen LogP contribution is -2.41. The quantitative estimate of drug-likeness (QED) is 0.663. The molecule has 2 N–H and O–H groups in total. The zero-order chi connectivity index (χ0) is 18.1. The summed E-state index contributed by atoms with van der Waals surface area (Å²) in [6, 6.07) is 17.3. The van der Waals surface area contributed by atoms with E-state index in [0.717, 1.165) is 21.5 Å². The minimum Gasteiger partial charge on any atom is -0.325 e. The number of hydrogen-bond acceptors (Lipinski definition) is 5. The van der Waals surface area contributed by atoms with Crippen LogP contribution in [0.4, 0.5) is 5.69 Å². The van der Waals surface area contributed by atoms with E-state index < -0.39 is 0 Å². The Balaban J connectivity index is 1.64. The summed E-state index contributed by atoms with van der Waals surface area (Å²) in [6.07, 6.45) is 0. The number of aromatic nitrogens is 3. The molecule has 6 nitrogen and oxygen atoms in total. The highest BCUT2D eigenvalue weighted by Gasteiger charge is 2.37. The molecule has 3 aromatic rings.